The molecule has 0 spiro atoms. The Morgan fingerprint density at radius 3 is 2.60 bits per heavy atom. The second-order valence-corrected chi connectivity index (χ2v) is 6.00. The van der Waals surface area contributed by atoms with Crippen molar-refractivity contribution in [1.82, 2.24) is 15.1 Å². The van der Waals surface area contributed by atoms with Crippen LogP contribution in [0.25, 0.3) is 0 Å². The quantitative estimate of drug-likeness (QED) is 0.828. The lowest BCUT2D eigenvalue weighted by atomic mass is 10.1. The molecule has 0 saturated carbocycles. The van der Waals surface area contributed by atoms with Crippen molar-refractivity contribution >= 4 is 38.9 Å². The minimum Gasteiger partial charge on any atom is -0.361 e. The first-order valence-electron chi connectivity index (χ1n) is 6.34. The molecule has 0 fully saturated rings. The molecule has 2 N–H and O–H groups in total. The minimum atomic E-state index is 0.626. The number of nitrogens with one attached hydrogen (secondary N) is 2. The molecule has 6 heteroatoms. The van der Waals surface area contributed by atoms with Gasteiger partial charge >= 0.3 is 0 Å². The van der Waals surface area contributed by atoms with E-state index in [1.165, 1.54) is 11.1 Å². The Labute approximate surface area is 132 Å². The molecule has 0 bridgehead atoms. The molecule has 20 heavy (non-hydrogen) atoms. The summed E-state index contributed by atoms with van der Waals surface area (Å²) in [5.74, 6) is 0. The molecule has 0 unspecified atom stereocenters. The highest BCUT2D eigenvalue weighted by molar-refractivity contribution is 9.10. The van der Waals surface area contributed by atoms with Gasteiger partial charge in [0.25, 0.3) is 0 Å². The van der Waals surface area contributed by atoms with Crippen LogP contribution in [0.15, 0.2) is 35.1 Å². The van der Waals surface area contributed by atoms with Crippen LogP contribution in [-0.4, -0.2) is 21.4 Å². The molecule has 0 aliphatic heterocycles. The molecule has 0 amide bonds. The number of rotatable bonds is 4. The molecule has 2 aromatic rings. The van der Waals surface area contributed by atoms with E-state index in [9.17, 15) is 0 Å². The maximum Gasteiger partial charge on any atom is 0.170 e. The Morgan fingerprint density at radius 1 is 1.30 bits per heavy atom. The summed E-state index contributed by atoms with van der Waals surface area (Å²) in [7, 11) is 0. The maximum atomic E-state index is 5.28. The predicted octanol–water partition coefficient (Wildman–Crippen LogP) is 3.25. The molecule has 0 atom stereocenters. The summed E-state index contributed by atoms with van der Waals surface area (Å²) in [5, 5.41) is 11.2. The van der Waals surface area contributed by atoms with Gasteiger partial charge in [0.1, 0.15) is 0 Å². The van der Waals surface area contributed by atoms with Gasteiger partial charge in [-0.05, 0) is 65.3 Å². The standard InChI is InChI=1S/C14H17BrN4S/c1-10-5-11(2)7-13(6-10)18-14(20)16-3-4-19-9-12(15)8-17-19/h5-9H,3-4H2,1-2H3,(H2,16,18,20). The van der Waals surface area contributed by atoms with Gasteiger partial charge in [-0.25, -0.2) is 0 Å². The van der Waals surface area contributed by atoms with Gasteiger partial charge in [-0.1, -0.05) is 6.07 Å². The first kappa shape index (κ1) is 15.0. The number of hydrogen-bond donors (Lipinski definition) is 2. The molecule has 0 aliphatic rings. The number of aromatic nitrogens is 2. The molecule has 4 nitrogen and oxygen atoms in total. The van der Waals surface area contributed by atoms with E-state index >= 15 is 0 Å². The first-order valence-corrected chi connectivity index (χ1v) is 7.54. The predicted molar refractivity (Wildman–Crippen MR) is 90.1 cm³/mol. The average molecular weight is 353 g/mol. The zero-order chi connectivity index (χ0) is 14.5. The summed E-state index contributed by atoms with van der Waals surface area (Å²) >= 11 is 8.65. The number of thiocarbonyl (C=S) groups is 1. The molecule has 2 rings (SSSR count). The number of benzene rings is 1. The van der Waals surface area contributed by atoms with Crippen LogP contribution in [0.1, 0.15) is 11.1 Å². The van der Waals surface area contributed by atoms with Crippen molar-refractivity contribution in [2.45, 2.75) is 20.4 Å². The number of anilines is 1. The third-order valence-corrected chi connectivity index (χ3v) is 3.36. The monoisotopic (exact) mass is 352 g/mol. The van der Waals surface area contributed by atoms with Gasteiger partial charge in [-0.3, -0.25) is 4.68 Å². The van der Waals surface area contributed by atoms with Gasteiger partial charge in [0, 0.05) is 18.4 Å². The fourth-order valence-electron chi connectivity index (χ4n) is 1.97. The minimum absolute atomic E-state index is 0.626. The van der Waals surface area contributed by atoms with Crippen molar-refractivity contribution in [1.29, 1.82) is 0 Å². The molecular formula is C14H17BrN4S. The maximum absolute atomic E-state index is 5.28. The van der Waals surface area contributed by atoms with E-state index in [1.54, 1.807) is 6.20 Å². The van der Waals surface area contributed by atoms with E-state index in [0.29, 0.717) is 5.11 Å². The Hall–Kier alpha value is -1.40. The summed E-state index contributed by atoms with van der Waals surface area (Å²) in [6, 6.07) is 6.29. The van der Waals surface area contributed by atoms with Crippen LogP contribution in [0.2, 0.25) is 0 Å². The van der Waals surface area contributed by atoms with E-state index in [1.807, 2.05) is 10.9 Å². The Kier molecular flexibility index (Phi) is 5.14. The van der Waals surface area contributed by atoms with Crippen molar-refractivity contribution in [3.8, 4) is 0 Å². The lowest BCUT2D eigenvalue weighted by Gasteiger charge is -2.11. The van der Waals surface area contributed by atoms with Crippen LogP contribution in [0.4, 0.5) is 5.69 Å². The molecule has 0 aliphatic carbocycles. The van der Waals surface area contributed by atoms with E-state index < -0.39 is 0 Å². The van der Waals surface area contributed by atoms with Gasteiger partial charge in [0.15, 0.2) is 5.11 Å². The summed E-state index contributed by atoms with van der Waals surface area (Å²) < 4.78 is 2.84. The fraction of sp³-hybridized carbons (Fsp3) is 0.286. The van der Waals surface area contributed by atoms with Gasteiger partial charge < -0.3 is 10.6 Å². The molecule has 1 aromatic carbocycles. The van der Waals surface area contributed by atoms with Crippen molar-refractivity contribution in [2.24, 2.45) is 0 Å². The highest BCUT2D eigenvalue weighted by atomic mass is 79.9. The lowest BCUT2D eigenvalue weighted by Crippen LogP contribution is -2.31. The highest BCUT2D eigenvalue weighted by Crippen LogP contribution is 2.13. The lowest BCUT2D eigenvalue weighted by molar-refractivity contribution is 0.604. The number of nitrogens with zero attached hydrogens (tertiary/aromatic N) is 2. The van der Waals surface area contributed by atoms with Crippen LogP contribution >= 0.6 is 28.1 Å². The zero-order valence-electron chi connectivity index (χ0n) is 11.5. The highest BCUT2D eigenvalue weighted by Gasteiger charge is 2.00. The van der Waals surface area contributed by atoms with Gasteiger partial charge in [0.05, 0.1) is 17.2 Å². The van der Waals surface area contributed by atoms with Gasteiger partial charge in [-0.2, -0.15) is 5.10 Å². The molecule has 0 radical (unpaired) electrons. The molecule has 106 valence electrons. The molecule has 0 saturated heterocycles. The second kappa shape index (κ2) is 6.85. The van der Waals surface area contributed by atoms with Crippen LogP contribution in [-0.2, 0) is 6.54 Å². The smallest absolute Gasteiger partial charge is 0.170 e. The zero-order valence-corrected chi connectivity index (χ0v) is 13.9. The van der Waals surface area contributed by atoms with Crippen molar-refractivity contribution in [3.05, 3.63) is 46.2 Å². The van der Waals surface area contributed by atoms with Crippen molar-refractivity contribution in [2.75, 3.05) is 11.9 Å². The number of aryl methyl sites for hydroxylation is 2. The SMILES string of the molecule is Cc1cc(C)cc(NC(=S)NCCn2cc(Br)cn2)c1. The average Bonchev–Trinajstić information content (AvgIpc) is 2.73. The number of hydrogen-bond acceptors (Lipinski definition) is 2. The van der Waals surface area contributed by atoms with Crippen molar-refractivity contribution in [3.63, 3.8) is 0 Å². The van der Waals surface area contributed by atoms with Crippen LogP contribution < -0.4 is 10.6 Å². The summed E-state index contributed by atoms with van der Waals surface area (Å²) in [5.41, 5.74) is 3.45. The Bertz CT molecular complexity index is 589. The van der Waals surface area contributed by atoms with E-state index in [4.69, 9.17) is 12.2 Å². The van der Waals surface area contributed by atoms with Gasteiger partial charge in [0.2, 0.25) is 0 Å². The summed E-state index contributed by atoms with van der Waals surface area (Å²) in [6.07, 6.45) is 3.70. The molecule has 1 heterocycles. The topological polar surface area (TPSA) is 41.9 Å². The van der Waals surface area contributed by atoms with Gasteiger partial charge in [-0.15, -0.1) is 0 Å². The molecular weight excluding hydrogens is 336 g/mol. The molecule has 1 aromatic heterocycles. The van der Waals surface area contributed by atoms with Crippen LogP contribution in [0.3, 0.4) is 0 Å². The summed E-state index contributed by atoms with van der Waals surface area (Å²) in [6.45, 7) is 5.64. The van der Waals surface area contributed by atoms with Crippen LogP contribution in [0.5, 0.6) is 0 Å². The summed E-state index contributed by atoms with van der Waals surface area (Å²) in [4.78, 5) is 0. The Balaban J connectivity index is 1.80. The van der Waals surface area contributed by atoms with E-state index in [-0.39, 0.29) is 0 Å². The first-order chi connectivity index (χ1) is 9.52. The fourth-order valence-corrected chi connectivity index (χ4v) is 2.51. The van der Waals surface area contributed by atoms with Crippen molar-refractivity contribution < 1.29 is 0 Å². The normalized spacial score (nSPS) is 10.3. The third-order valence-electron chi connectivity index (χ3n) is 2.71. The van der Waals surface area contributed by atoms with E-state index in [0.717, 1.165) is 23.2 Å². The largest absolute Gasteiger partial charge is 0.361 e. The van der Waals surface area contributed by atoms with Crippen LogP contribution in [0, 0.1) is 13.8 Å². The second-order valence-electron chi connectivity index (χ2n) is 4.68. The third kappa shape index (κ3) is 4.61. The van der Waals surface area contributed by atoms with E-state index in [2.05, 4.69) is 63.7 Å². The number of halogens is 1. The Morgan fingerprint density at radius 2 is 2.00 bits per heavy atom.